The van der Waals surface area contributed by atoms with Gasteiger partial charge in [0.2, 0.25) is 0 Å². The van der Waals surface area contributed by atoms with Crippen LogP contribution >= 0.6 is 0 Å². The summed E-state index contributed by atoms with van der Waals surface area (Å²) in [5.41, 5.74) is 6.89. The van der Waals surface area contributed by atoms with E-state index in [9.17, 15) is 0 Å². The first kappa shape index (κ1) is 13.8. The maximum atomic E-state index is 6.56. The quantitative estimate of drug-likeness (QED) is 0.846. The van der Waals surface area contributed by atoms with Gasteiger partial charge >= 0.3 is 0 Å². The number of rotatable bonds is 3. The van der Waals surface area contributed by atoms with Crippen LogP contribution in [-0.2, 0) is 0 Å². The number of hydrogen-bond acceptors (Lipinski definition) is 3. The van der Waals surface area contributed by atoms with E-state index in [2.05, 4.69) is 23.6 Å². The highest BCUT2D eigenvalue weighted by atomic mass is 15.3. The second-order valence-electron chi connectivity index (χ2n) is 7.75. The number of hydrogen-bond donors (Lipinski definition) is 1. The SMILES string of the molecule is CC1(C)CCCC(N2CCN(CC3CC3)CC2)C1N. The van der Waals surface area contributed by atoms with Crippen LogP contribution in [0.1, 0.15) is 46.0 Å². The monoisotopic (exact) mass is 265 g/mol. The van der Waals surface area contributed by atoms with E-state index in [0.717, 1.165) is 5.92 Å². The van der Waals surface area contributed by atoms with Crippen molar-refractivity contribution in [2.24, 2.45) is 17.1 Å². The Morgan fingerprint density at radius 2 is 1.74 bits per heavy atom. The summed E-state index contributed by atoms with van der Waals surface area (Å²) < 4.78 is 0. The Morgan fingerprint density at radius 3 is 2.37 bits per heavy atom. The lowest BCUT2D eigenvalue weighted by molar-refractivity contribution is 0.0307. The molecule has 1 saturated heterocycles. The maximum absolute atomic E-state index is 6.56. The Bertz CT molecular complexity index is 303. The van der Waals surface area contributed by atoms with Crippen LogP contribution in [0.15, 0.2) is 0 Å². The summed E-state index contributed by atoms with van der Waals surface area (Å²) in [7, 11) is 0. The van der Waals surface area contributed by atoms with Gasteiger partial charge in [-0.15, -0.1) is 0 Å². The standard InChI is InChI=1S/C16H31N3/c1-16(2)7-3-4-14(15(16)17)19-10-8-18(9-11-19)12-13-5-6-13/h13-15H,3-12,17H2,1-2H3. The molecule has 0 amide bonds. The summed E-state index contributed by atoms with van der Waals surface area (Å²) in [6.07, 6.45) is 6.91. The molecule has 3 rings (SSSR count). The van der Waals surface area contributed by atoms with Gasteiger partial charge in [0.05, 0.1) is 0 Å². The average Bonchev–Trinajstić information content (AvgIpc) is 3.18. The van der Waals surface area contributed by atoms with Gasteiger partial charge in [0.15, 0.2) is 0 Å². The van der Waals surface area contributed by atoms with Gasteiger partial charge < -0.3 is 10.6 Å². The molecule has 0 aromatic carbocycles. The minimum atomic E-state index is 0.327. The Labute approximate surface area is 118 Å². The predicted molar refractivity (Wildman–Crippen MR) is 80.1 cm³/mol. The van der Waals surface area contributed by atoms with Crippen LogP contribution in [0.25, 0.3) is 0 Å². The molecule has 3 nitrogen and oxygen atoms in total. The topological polar surface area (TPSA) is 32.5 Å². The summed E-state index contributed by atoms with van der Waals surface area (Å²) in [6.45, 7) is 11.1. The van der Waals surface area contributed by atoms with Crippen LogP contribution in [0.4, 0.5) is 0 Å². The molecule has 2 unspecified atom stereocenters. The van der Waals surface area contributed by atoms with Crippen molar-refractivity contribution in [1.29, 1.82) is 0 Å². The third-order valence-electron chi connectivity index (χ3n) is 5.73. The van der Waals surface area contributed by atoms with Crippen LogP contribution in [0.5, 0.6) is 0 Å². The summed E-state index contributed by atoms with van der Waals surface area (Å²) in [6, 6.07) is 0.989. The molecule has 1 heterocycles. The molecular formula is C16H31N3. The average molecular weight is 265 g/mol. The molecule has 19 heavy (non-hydrogen) atoms. The van der Waals surface area contributed by atoms with Gasteiger partial charge in [0.1, 0.15) is 0 Å². The second kappa shape index (κ2) is 5.34. The van der Waals surface area contributed by atoms with Gasteiger partial charge in [-0.1, -0.05) is 20.3 Å². The molecule has 0 aromatic rings. The van der Waals surface area contributed by atoms with Crippen molar-refractivity contribution in [3.8, 4) is 0 Å². The molecule has 3 fully saturated rings. The number of piperazine rings is 1. The summed E-state index contributed by atoms with van der Waals surface area (Å²) in [4.78, 5) is 5.36. The molecule has 0 bridgehead atoms. The van der Waals surface area contributed by atoms with Gasteiger partial charge in [0, 0.05) is 44.8 Å². The van der Waals surface area contributed by atoms with E-state index in [1.165, 1.54) is 64.8 Å². The zero-order valence-electron chi connectivity index (χ0n) is 12.8. The second-order valence-corrected chi connectivity index (χ2v) is 7.75. The van der Waals surface area contributed by atoms with Crippen molar-refractivity contribution in [3.05, 3.63) is 0 Å². The van der Waals surface area contributed by atoms with Gasteiger partial charge in [-0.05, 0) is 37.0 Å². The first-order valence-electron chi connectivity index (χ1n) is 8.28. The molecule has 2 N–H and O–H groups in total. The lowest BCUT2D eigenvalue weighted by Crippen LogP contribution is -2.60. The molecule has 0 spiro atoms. The van der Waals surface area contributed by atoms with E-state index in [0.29, 0.717) is 17.5 Å². The van der Waals surface area contributed by atoms with Crippen LogP contribution in [0.2, 0.25) is 0 Å². The fourth-order valence-electron chi connectivity index (χ4n) is 3.99. The lowest BCUT2D eigenvalue weighted by Gasteiger charge is -2.48. The van der Waals surface area contributed by atoms with Crippen molar-refractivity contribution in [3.63, 3.8) is 0 Å². The summed E-state index contributed by atoms with van der Waals surface area (Å²) in [5, 5.41) is 0. The molecular weight excluding hydrogens is 234 g/mol. The Morgan fingerprint density at radius 1 is 1.05 bits per heavy atom. The number of nitrogens with two attached hydrogens (primary N) is 1. The van der Waals surface area contributed by atoms with E-state index in [4.69, 9.17) is 5.73 Å². The first-order valence-corrected chi connectivity index (χ1v) is 8.28. The fraction of sp³-hybridized carbons (Fsp3) is 1.00. The molecule has 3 heteroatoms. The van der Waals surface area contributed by atoms with Crippen LogP contribution < -0.4 is 5.73 Å². The fourth-order valence-corrected chi connectivity index (χ4v) is 3.99. The minimum absolute atomic E-state index is 0.327. The highest BCUT2D eigenvalue weighted by Gasteiger charge is 2.40. The normalized spacial score (nSPS) is 37.4. The van der Waals surface area contributed by atoms with Gasteiger partial charge in [-0.2, -0.15) is 0 Å². The summed E-state index contributed by atoms with van der Waals surface area (Å²) in [5.74, 6) is 1.03. The summed E-state index contributed by atoms with van der Waals surface area (Å²) >= 11 is 0. The maximum Gasteiger partial charge on any atom is 0.0253 e. The van der Waals surface area contributed by atoms with Gasteiger partial charge in [-0.25, -0.2) is 0 Å². The Hall–Kier alpha value is -0.120. The molecule has 3 aliphatic rings. The zero-order chi connectivity index (χ0) is 13.5. The molecule has 0 radical (unpaired) electrons. The minimum Gasteiger partial charge on any atom is -0.326 e. The largest absolute Gasteiger partial charge is 0.326 e. The smallest absolute Gasteiger partial charge is 0.0253 e. The van der Waals surface area contributed by atoms with Crippen molar-refractivity contribution in [1.82, 2.24) is 9.80 Å². The van der Waals surface area contributed by atoms with E-state index in [1.54, 1.807) is 0 Å². The van der Waals surface area contributed by atoms with Crippen molar-refractivity contribution >= 4 is 0 Å². The van der Waals surface area contributed by atoms with E-state index in [1.807, 2.05) is 0 Å². The lowest BCUT2D eigenvalue weighted by atomic mass is 9.70. The van der Waals surface area contributed by atoms with Crippen molar-refractivity contribution in [2.75, 3.05) is 32.7 Å². The zero-order valence-corrected chi connectivity index (χ0v) is 12.8. The van der Waals surface area contributed by atoms with E-state index >= 15 is 0 Å². The van der Waals surface area contributed by atoms with E-state index < -0.39 is 0 Å². The van der Waals surface area contributed by atoms with Crippen LogP contribution in [0.3, 0.4) is 0 Å². The van der Waals surface area contributed by atoms with Crippen molar-refractivity contribution in [2.45, 2.75) is 58.0 Å². The highest BCUT2D eigenvalue weighted by molar-refractivity contribution is 4.97. The van der Waals surface area contributed by atoms with Gasteiger partial charge in [0.25, 0.3) is 0 Å². The first-order chi connectivity index (χ1) is 9.06. The molecule has 1 aliphatic heterocycles. The molecule has 0 aromatic heterocycles. The predicted octanol–water partition coefficient (Wildman–Crippen LogP) is 1.92. The molecule has 110 valence electrons. The van der Waals surface area contributed by atoms with Gasteiger partial charge in [-0.3, -0.25) is 4.90 Å². The highest BCUT2D eigenvalue weighted by Crippen LogP contribution is 2.37. The van der Waals surface area contributed by atoms with Crippen LogP contribution in [0, 0.1) is 11.3 Å². The number of nitrogens with zero attached hydrogens (tertiary/aromatic N) is 2. The Balaban J connectivity index is 1.52. The third kappa shape index (κ3) is 3.14. The molecule has 2 atom stereocenters. The van der Waals surface area contributed by atoms with Crippen molar-refractivity contribution < 1.29 is 0 Å². The molecule has 2 saturated carbocycles. The third-order valence-corrected chi connectivity index (χ3v) is 5.73. The molecule has 2 aliphatic carbocycles. The van der Waals surface area contributed by atoms with Crippen LogP contribution in [-0.4, -0.2) is 54.6 Å². The van der Waals surface area contributed by atoms with E-state index in [-0.39, 0.29) is 0 Å². The Kier molecular flexibility index (Phi) is 3.89.